The molecular weight excluding hydrogens is 576 g/mol. The molecule has 1 amide bonds. The van der Waals surface area contributed by atoms with E-state index in [2.05, 4.69) is 0 Å². The Morgan fingerprint density at radius 3 is 1.83 bits per heavy atom. The Kier molecular flexibility index (Phi) is 9.31. The van der Waals surface area contributed by atoms with Gasteiger partial charge in [-0.3, -0.25) is 19.8 Å². The Hall–Kier alpha value is -2.97. The van der Waals surface area contributed by atoms with E-state index in [4.69, 9.17) is 5.73 Å². The highest BCUT2D eigenvalue weighted by molar-refractivity contribution is 7.90. The van der Waals surface area contributed by atoms with Crippen LogP contribution >= 0.6 is 0 Å². The lowest BCUT2D eigenvalue weighted by molar-refractivity contribution is -0.201. The fourth-order valence-corrected chi connectivity index (χ4v) is 5.79. The zero-order chi connectivity index (χ0) is 31.1. The number of hydrogen-bond donors (Lipinski definition) is 2. The average molecular weight is 608 g/mol. The van der Waals surface area contributed by atoms with E-state index in [1.165, 1.54) is 36.4 Å². The van der Waals surface area contributed by atoms with Crippen molar-refractivity contribution in [2.24, 2.45) is 11.7 Å². The third-order valence-electron chi connectivity index (χ3n) is 6.96. The quantitative estimate of drug-likeness (QED) is 0.409. The number of benzene rings is 2. The van der Waals surface area contributed by atoms with Gasteiger partial charge in [0.15, 0.2) is 21.7 Å². The van der Waals surface area contributed by atoms with E-state index in [9.17, 15) is 44.3 Å². The Bertz CT molecular complexity index is 1360. The molecule has 0 bridgehead atoms. The number of nitrogens with zero attached hydrogens (tertiary/aromatic N) is 1. The van der Waals surface area contributed by atoms with E-state index in [1.807, 2.05) is 5.32 Å². The summed E-state index contributed by atoms with van der Waals surface area (Å²) in [5, 5.41) is 2.05. The number of alkyl halides is 6. The van der Waals surface area contributed by atoms with E-state index in [-0.39, 0.29) is 17.2 Å². The summed E-state index contributed by atoms with van der Waals surface area (Å²) in [6, 6.07) is 0.115. The average Bonchev–Trinajstić information content (AvgIpc) is 3.14. The molecule has 0 aliphatic carbocycles. The van der Waals surface area contributed by atoms with Crippen molar-refractivity contribution in [2.45, 2.75) is 74.6 Å². The van der Waals surface area contributed by atoms with Crippen LogP contribution < -0.4 is 11.1 Å². The molecule has 5 atom stereocenters. The van der Waals surface area contributed by atoms with E-state index >= 15 is 0 Å². The fraction of sp³-hybridized carbons (Fsp3) is 0.481. The summed E-state index contributed by atoms with van der Waals surface area (Å²) in [6.07, 6.45) is -9.39. The zero-order valence-electron chi connectivity index (χ0n) is 22.6. The number of sulfone groups is 1. The zero-order valence-corrected chi connectivity index (χ0v) is 23.4. The van der Waals surface area contributed by atoms with Gasteiger partial charge < -0.3 is 5.73 Å². The first kappa shape index (κ1) is 32.5. The maximum atomic E-state index is 14.8. The first-order valence-electron chi connectivity index (χ1n) is 12.6. The second kappa shape index (κ2) is 11.7. The molecule has 226 valence electrons. The Balaban J connectivity index is 2.14. The molecule has 1 fully saturated rings. The molecule has 1 aliphatic rings. The van der Waals surface area contributed by atoms with E-state index in [1.54, 1.807) is 13.8 Å². The smallest absolute Gasteiger partial charge is 0.368 e. The van der Waals surface area contributed by atoms with Crippen LogP contribution in [0.3, 0.4) is 0 Å². The van der Waals surface area contributed by atoms with Crippen LogP contribution in [0, 0.1) is 5.92 Å². The molecule has 2 unspecified atom stereocenters. The minimum atomic E-state index is -5.13. The molecule has 0 aromatic heterocycles. The predicted molar refractivity (Wildman–Crippen MR) is 139 cm³/mol. The molecule has 1 heterocycles. The molecule has 0 saturated carbocycles. The third-order valence-corrected chi connectivity index (χ3v) is 8.09. The highest BCUT2D eigenvalue weighted by Crippen LogP contribution is 2.44. The molecule has 7 nitrogen and oxygen atoms in total. The van der Waals surface area contributed by atoms with Gasteiger partial charge in [-0.05, 0) is 48.1 Å². The number of ketones is 1. The number of carbonyl (C=O) groups excluding carboxylic acids is 2. The van der Waals surface area contributed by atoms with Crippen LogP contribution in [-0.2, 0) is 19.4 Å². The maximum Gasteiger partial charge on any atom is 0.410 e. The van der Waals surface area contributed by atoms with Gasteiger partial charge >= 0.3 is 12.4 Å². The molecule has 0 spiro atoms. The Labute approximate surface area is 234 Å². The molecule has 2 aromatic carbocycles. The molecule has 2 aromatic rings. The van der Waals surface area contributed by atoms with E-state index in [0.717, 1.165) is 25.3 Å². The summed E-state index contributed by atoms with van der Waals surface area (Å²) in [7, 11) is -3.47. The van der Waals surface area contributed by atoms with E-state index < -0.39 is 69.7 Å². The number of carbonyl (C=O) groups is 2. The summed E-state index contributed by atoms with van der Waals surface area (Å²) in [5.74, 6) is -3.12. The summed E-state index contributed by atoms with van der Waals surface area (Å²) in [5.41, 5.74) is 6.03. The monoisotopic (exact) mass is 607 g/mol. The van der Waals surface area contributed by atoms with Crippen molar-refractivity contribution < 1.29 is 44.3 Å². The number of nitrogens with one attached hydrogen (secondary N) is 1. The molecule has 3 rings (SSSR count). The highest BCUT2D eigenvalue weighted by atomic mass is 32.2. The van der Waals surface area contributed by atoms with Crippen molar-refractivity contribution in [3.63, 3.8) is 0 Å². The van der Waals surface area contributed by atoms with Gasteiger partial charge in [0.1, 0.15) is 6.04 Å². The van der Waals surface area contributed by atoms with Gasteiger partial charge in [-0.1, -0.05) is 50.2 Å². The van der Waals surface area contributed by atoms with Crippen LogP contribution in [0.2, 0.25) is 0 Å². The number of Topliss-reactive ketones (excluding diaryl/α,β-unsaturated/α-hetero) is 1. The molecule has 14 heteroatoms. The number of hydrogen-bond acceptors (Lipinski definition) is 6. The predicted octanol–water partition coefficient (Wildman–Crippen LogP) is 4.42. The number of nitrogens with two attached hydrogens (primary N) is 1. The molecule has 3 N–H and O–H groups in total. The lowest BCUT2D eigenvalue weighted by Crippen LogP contribution is -2.59. The van der Waals surface area contributed by atoms with Gasteiger partial charge in [-0.15, -0.1) is 0 Å². The molecule has 1 saturated heterocycles. The van der Waals surface area contributed by atoms with Gasteiger partial charge in [-0.25, -0.2) is 8.42 Å². The Morgan fingerprint density at radius 1 is 0.976 bits per heavy atom. The van der Waals surface area contributed by atoms with Crippen LogP contribution in [0.25, 0.3) is 11.1 Å². The van der Waals surface area contributed by atoms with Crippen LogP contribution in [0.1, 0.15) is 38.8 Å². The van der Waals surface area contributed by atoms with Crippen molar-refractivity contribution in [3.8, 4) is 11.1 Å². The number of primary amides is 1. The third kappa shape index (κ3) is 7.28. The first-order valence-corrected chi connectivity index (χ1v) is 14.5. The van der Waals surface area contributed by atoms with Gasteiger partial charge in [0.05, 0.1) is 17.0 Å². The molecule has 0 radical (unpaired) electrons. The maximum absolute atomic E-state index is 14.8. The first-order chi connectivity index (χ1) is 18.7. The summed E-state index contributed by atoms with van der Waals surface area (Å²) in [6.45, 7) is 4.37. The standard InChI is InChI=1S/C27H31F6N3O4S/c1-14(2)13-20(25(34)38)36(21-15(3)35-23(22(21)37)26(28,29)30)24(27(31,32)33)18-7-5-16(6-8-18)17-9-11-19(12-10-17)41(4,39)40/h5-12,14-15,20-21,23-24,35H,13H2,1-4H3,(H2,34,38)/t15?,20-,21-,23?,24-/m0/s1. The van der Waals surface area contributed by atoms with Crippen molar-refractivity contribution >= 4 is 21.5 Å². The van der Waals surface area contributed by atoms with Crippen LogP contribution in [0.4, 0.5) is 26.3 Å². The minimum absolute atomic E-state index is 0.0504. The fourth-order valence-electron chi connectivity index (χ4n) is 5.16. The van der Waals surface area contributed by atoms with Gasteiger partial charge in [0, 0.05) is 12.3 Å². The largest absolute Gasteiger partial charge is 0.410 e. The van der Waals surface area contributed by atoms with Crippen LogP contribution in [0.5, 0.6) is 0 Å². The second-order valence-corrected chi connectivity index (χ2v) is 12.7. The minimum Gasteiger partial charge on any atom is -0.368 e. The SMILES string of the molecule is CC(C)C[C@@H](C(N)=O)N([C@@H]1C(=O)C(C(F)(F)F)NC1C)[C@@H](c1ccc(-c2ccc(S(C)(=O)=O)cc2)cc1)C(F)(F)F. The summed E-state index contributed by atoms with van der Waals surface area (Å²) < 4.78 is 109. The molecule has 1 aliphatic heterocycles. The Morgan fingerprint density at radius 2 is 1.46 bits per heavy atom. The van der Waals surface area contributed by atoms with Gasteiger partial charge in [0.2, 0.25) is 5.91 Å². The van der Waals surface area contributed by atoms with Crippen molar-refractivity contribution in [1.82, 2.24) is 10.2 Å². The highest BCUT2D eigenvalue weighted by Gasteiger charge is 2.60. The van der Waals surface area contributed by atoms with Gasteiger partial charge in [0.25, 0.3) is 0 Å². The molecule has 41 heavy (non-hydrogen) atoms. The topological polar surface area (TPSA) is 110 Å². The number of amides is 1. The van der Waals surface area contributed by atoms with Crippen LogP contribution in [0.15, 0.2) is 53.4 Å². The number of rotatable bonds is 9. The normalized spacial score (nSPS) is 21.9. The van der Waals surface area contributed by atoms with Crippen molar-refractivity contribution in [2.75, 3.05) is 6.26 Å². The van der Waals surface area contributed by atoms with E-state index in [0.29, 0.717) is 16.0 Å². The number of halogens is 6. The lowest BCUT2D eigenvalue weighted by atomic mass is 9.91. The lowest BCUT2D eigenvalue weighted by Gasteiger charge is -2.42. The molecular formula is C27H31F6N3O4S. The van der Waals surface area contributed by atoms with Crippen LogP contribution in [-0.4, -0.2) is 67.8 Å². The summed E-state index contributed by atoms with van der Waals surface area (Å²) >= 11 is 0. The van der Waals surface area contributed by atoms with Gasteiger partial charge in [-0.2, -0.15) is 26.3 Å². The van der Waals surface area contributed by atoms with Crippen molar-refractivity contribution in [3.05, 3.63) is 54.1 Å². The second-order valence-electron chi connectivity index (χ2n) is 10.6. The van der Waals surface area contributed by atoms with Crippen molar-refractivity contribution in [1.29, 1.82) is 0 Å². The summed E-state index contributed by atoms with van der Waals surface area (Å²) in [4.78, 5) is 26.1.